The second kappa shape index (κ2) is 8.08. The summed E-state index contributed by atoms with van der Waals surface area (Å²) in [7, 11) is 1.68. The first-order valence-corrected chi connectivity index (χ1v) is 7.60. The van der Waals surface area contributed by atoms with E-state index in [-0.39, 0.29) is 30.7 Å². The molecule has 0 aromatic heterocycles. The molecule has 0 radical (unpaired) electrons. The average Bonchev–Trinajstić information content (AvgIpc) is 2.52. The molecule has 2 fully saturated rings. The van der Waals surface area contributed by atoms with Crippen LogP contribution in [0.2, 0.25) is 0 Å². The third-order valence-electron chi connectivity index (χ3n) is 4.66. The summed E-state index contributed by atoms with van der Waals surface area (Å²) in [6.07, 6.45) is 2.75. The minimum absolute atomic E-state index is 0. The number of piperazine rings is 1. The predicted molar refractivity (Wildman–Crippen MR) is 97.1 cm³/mol. The maximum absolute atomic E-state index is 12.4. The highest BCUT2D eigenvalue weighted by atomic mass is 35.5. The Bertz CT molecular complexity index is 530. The molecule has 130 valence electrons. The first-order chi connectivity index (χ1) is 10.1. The molecule has 7 heteroatoms. The summed E-state index contributed by atoms with van der Waals surface area (Å²) in [5, 5.41) is 0. The van der Waals surface area contributed by atoms with Crippen LogP contribution in [0.15, 0.2) is 24.3 Å². The van der Waals surface area contributed by atoms with Crippen LogP contribution in [-0.4, -0.2) is 49.6 Å². The van der Waals surface area contributed by atoms with Gasteiger partial charge in [-0.2, -0.15) is 0 Å². The van der Waals surface area contributed by atoms with Crippen molar-refractivity contribution in [2.75, 3.05) is 38.2 Å². The van der Waals surface area contributed by atoms with Gasteiger partial charge in [-0.05, 0) is 31.4 Å². The molecule has 1 saturated heterocycles. The number of carbonyl (C=O) groups excluding carboxylic acids is 1. The van der Waals surface area contributed by atoms with Crippen molar-refractivity contribution in [3.05, 3.63) is 24.3 Å². The van der Waals surface area contributed by atoms with Crippen LogP contribution in [-0.2, 0) is 4.79 Å². The van der Waals surface area contributed by atoms with Crippen LogP contribution in [0.25, 0.3) is 0 Å². The Morgan fingerprint density at radius 3 is 2.35 bits per heavy atom. The fourth-order valence-electron chi connectivity index (χ4n) is 3.06. The molecular weight excluding hydrogens is 337 g/mol. The molecule has 0 spiro atoms. The molecule has 0 unspecified atom stereocenters. The summed E-state index contributed by atoms with van der Waals surface area (Å²) >= 11 is 0. The molecule has 1 aliphatic carbocycles. The largest absolute Gasteiger partial charge is 0.497 e. The third-order valence-corrected chi connectivity index (χ3v) is 4.66. The Balaban J connectivity index is 0.00000132. The van der Waals surface area contributed by atoms with E-state index in [4.69, 9.17) is 10.5 Å². The van der Waals surface area contributed by atoms with Gasteiger partial charge in [0, 0.05) is 37.9 Å². The SMILES string of the molecule is COc1cccc(N2CCN(C(=O)C3(N)CCC3)CC2)c1.Cl.Cl. The van der Waals surface area contributed by atoms with Crippen molar-refractivity contribution < 1.29 is 9.53 Å². The van der Waals surface area contributed by atoms with E-state index >= 15 is 0 Å². The molecule has 2 aliphatic rings. The zero-order valence-electron chi connectivity index (χ0n) is 13.4. The molecule has 1 heterocycles. The molecule has 0 atom stereocenters. The average molecular weight is 362 g/mol. The molecular formula is C16H25Cl2N3O2. The maximum atomic E-state index is 12.4. The van der Waals surface area contributed by atoms with Gasteiger partial charge in [-0.25, -0.2) is 0 Å². The number of hydrogen-bond donors (Lipinski definition) is 1. The van der Waals surface area contributed by atoms with Crippen molar-refractivity contribution >= 4 is 36.4 Å². The smallest absolute Gasteiger partial charge is 0.242 e. The van der Waals surface area contributed by atoms with Gasteiger partial charge in [0.2, 0.25) is 5.91 Å². The highest BCUT2D eigenvalue weighted by Crippen LogP contribution is 2.31. The van der Waals surface area contributed by atoms with E-state index in [0.29, 0.717) is 0 Å². The number of carbonyl (C=O) groups is 1. The van der Waals surface area contributed by atoms with Gasteiger partial charge in [0.1, 0.15) is 5.75 Å². The number of hydrogen-bond acceptors (Lipinski definition) is 4. The van der Waals surface area contributed by atoms with Gasteiger partial charge in [-0.3, -0.25) is 4.79 Å². The maximum Gasteiger partial charge on any atom is 0.242 e. The molecule has 1 aromatic rings. The highest BCUT2D eigenvalue weighted by molar-refractivity contribution is 5.87. The van der Waals surface area contributed by atoms with Crippen LogP contribution < -0.4 is 15.4 Å². The first kappa shape index (κ1) is 19.9. The zero-order chi connectivity index (χ0) is 14.9. The van der Waals surface area contributed by atoms with Crippen molar-refractivity contribution in [3.8, 4) is 5.75 Å². The molecule has 23 heavy (non-hydrogen) atoms. The number of anilines is 1. The van der Waals surface area contributed by atoms with Gasteiger partial charge >= 0.3 is 0 Å². The second-order valence-electron chi connectivity index (χ2n) is 5.99. The molecule has 5 nitrogen and oxygen atoms in total. The van der Waals surface area contributed by atoms with E-state index in [1.807, 2.05) is 23.1 Å². The minimum Gasteiger partial charge on any atom is -0.497 e. The van der Waals surface area contributed by atoms with Crippen molar-refractivity contribution in [2.45, 2.75) is 24.8 Å². The van der Waals surface area contributed by atoms with Crippen molar-refractivity contribution in [3.63, 3.8) is 0 Å². The highest BCUT2D eigenvalue weighted by Gasteiger charge is 2.43. The van der Waals surface area contributed by atoms with Gasteiger partial charge in [-0.15, -0.1) is 24.8 Å². The first-order valence-electron chi connectivity index (χ1n) is 7.60. The molecule has 1 aliphatic heterocycles. The predicted octanol–water partition coefficient (Wildman–Crippen LogP) is 2.07. The number of benzene rings is 1. The quantitative estimate of drug-likeness (QED) is 0.895. The summed E-state index contributed by atoms with van der Waals surface area (Å²) in [5.74, 6) is 1.00. The molecule has 1 aromatic carbocycles. The lowest BCUT2D eigenvalue weighted by atomic mass is 9.76. The van der Waals surface area contributed by atoms with E-state index in [1.165, 1.54) is 0 Å². The Morgan fingerprint density at radius 2 is 1.83 bits per heavy atom. The number of rotatable bonds is 3. The van der Waals surface area contributed by atoms with E-state index in [1.54, 1.807) is 7.11 Å². The fourth-order valence-corrected chi connectivity index (χ4v) is 3.06. The minimum atomic E-state index is -0.571. The lowest BCUT2D eigenvalue weighted by molar-refractivity contribution is -0.140. The van der Waals surface area contributed by atoms with Crippen LogP contribution >= 0.6 is 24.8 Å². The number of nitrogens with zero attached hydrogens (tertiary/aromatic N) is 2. The van der Waals surface area contributed by atoms with E-state index in [9.17, 15) is 4.79 Å². The summed E-state index contributed by atoms with van der Waals surface area (Å²) in [5.41, 5.74) is 6.71. The van der Waals surface area contributed by atoms with Gasteiger partial charge < -0.3 is 20.3 Å². The van der Waals surface area contributed by atoms with Crippen molar-refractivity contribution in [1.29, 1.82) is 0 Å². The van der Waals surface area contributed by atoms with Gasteiger partial charge in [0.25, 0.3) is 0 Å². The summed E-state index contributed by atoms with van der Waals surface area (Å²) in [6.45, 7) is 3.17. The van der Waals surface area contributed by atoms with E-state index < -0.39 is 5.54 Å². The van der Waals surface area contributed by atoms with Crippen molar-refractivity contribution in [2.24, 2.45) is 5.73 Å². The van der Waals surface area contributed by atoms with Gasteiger partial charge in [0.05, 0.1) is 12.6 Å². The van der Waals surface area contributed by atoms with Gasteiger partial charge in [0.15, 0.2) is 0 Å². The molecule has 2 N–H and O–H groups in total. The summed E-state index contributed by atoms with van der Waals surface area (Å²) < 4.78 is 5.26. The van der Waals surface area contributed by atoms with Crippen LogP contribution in [0.4, 0.5) is 5.69 Å². The molecule has 1 saturated carbocycles. The lowest BCUT2D eigenvalue weighted by Crippen LogP contribution is -2.62. The van der Waals surface area contributed by atoms with Crippen LogP contribution in [0.3, 0.4) is 0 Å². The molecule has 3 rings (SSSR count). The van der Waals surface area contributed by atoms with Crippen LogP contribution in [0.5, 0.6) is 5.75 Å². The van der Waals surface area contributed by atoms with E-state index in [2.05, 4.69) is 11.0 Å². The summed E-state index contributed by atoms with van der Waals surface area (Å²) in [4.78, 5) is 16.6. The van der Waals surface area contributed by atoms with Crippen LogP contribution in [0.1, 0.15) is 19.3 Å². The number of ether oxygens (including phenoxy) is 1. The topological polar surface area (TPSA) is 58.8 Å². The third kappa shape index (κ3) is 4.03. The lowest BCUT2D eigenvalue weighted by Gasteiger charge is -2.43. The number of nitrogens with two attached hydrogens (primary N) is 1. The Kier molecular flexibility index (Phi) is 6.99. The van der Waals surface area contributed by atoms with Crippen LogP contribution in [0, 0.1) is 0 Å². The summed E-state index contributed by atoms with van der Waals surface area (Å²) in [6, 6.07) is 8.05. The fraction of sp³-hybridized carbons (Fsp3) is 0.562. The monoisotopic (exact) mass is 361 g/mol. The Hall–Kier alpha value is -1.17. The normalized spacial score (nSPS) is 19.0. The Labute approximate surface area is 150 Å². The molecule has 1 amide bonds. The second-order valence-corrected chi connectivity index (χ2v) is 5.99. The number of halogens is 2. The molecule has 0 bridgehead atoms. The zero-order valence-corrected chi connectivity index (χ0v) is 15.0. The number of methoxy groups -OCH3 is 1. The van der Waals surface area contributed by atoms with Crippen molar-refractivity contribution in [1.82, 2.24) is 4.90 Å². The Morgan fingerprint density at radius 1 is 1.17 bits per heavy atom. The van der Waals surface area contributed by atoms with Gasteiger partial charge in [-0.1, -0.05) is 6.07 Å². The number of amides is 1. The van der Waals surface area contributed by atoms with E-state index in [0.717, 1.165) is 56.9 Å². The standard InChI is InChI=1S/C16H23N3O2.2ClH/c1-21-14-5-2-4-13(12-14)18-8-10-19(11-9-18)15(20)16(17)6-3-7-16;;/h2,4-5,12H,3,6-11,17H2,1H3;2*1H.